The molecule has 0 atom stereocenters. The highest BCUT2D eigenvalue weighted by molar-refractivity contribution is 5.27. The highest BCUT2D eigenvalue weighted by Crippen LogP contribution is 2.13. The molecule has 0 aliphatic heterocycles. The van der Waals surface area contributed by atoms with E-state index in [4.69, 9.17) is 9.84 Å². The quantitative estimate of drug-likeness (QED) is 0.505. The van der Waals surface area contributed by atoms with Gasteiger partial charge in [0.15, 0.2) is 0 Å². The van der Waals surface area contributed by atoms with Gasteiger partial charge in [0.2, 0.25) is 0 Å². The Morgan fingerprint density at radius 2 is 1.78 bits per heavy atom. The van der Waals surface area contributed by atoms with Gasteiger partial charge >= 0.3 is 0 Å². The molecule has 2 nitrogen and oxygen atoms in total. The first kappa shape index (κ1) is 14.8. The van der Waals surface area contributed by atoms with Crippen molar-refractivity contribution in [2.24, 2.45) is 0 Å². The summed E-state index contributed by atoms with van der Waals surface area (Å²) in [4.78, 5) is 0. The molecule has 0 bridgehead atoms. The van der Waals surface area contributed by atoms with E-state index in [0.717, 1.165) is 30.8 Å². The molecule has 0 unspecified atom stereocenters. The molecule has 0 amide bonds. The number of benzene rings is 1. The van der Waals surface area contributed by atoms with E-state index in [9.17, 15) is 0 Å². The van der Waals surface area contributed by atoms with Crippen LogP contribution in [0.15, 0.2) is 36.9 Å². The molecule has 100 valence electrons. The average molecular weight is 248 g/mol. The molecular weight excluding hydrogens is 224 g/mol. The molecule has 1 aromatic carbocycles. The minimum Gasteiger partial charge on any atom is -0.494 e. The van der Waals surface area contributed by atoms with Gasteiger partial charge in [0, 0.05) is 6.61 Å². The fourth-order valence-electron chi connectivity index (χ4n) is 1.82. The van der Waals surface area contributed by atoms with Gasteiger partial charge < -0.3 is 9.84 Å². The van der Waals surface area contributed by atoms with Crippen molar-refractivity contribution in [3.8, 4) is 5.75 Å². The lowest BCUT2D eigenvalue weighted by atomic mass is 10.1. The lowest BCUT2D eigenvalue weighted by Crippen LogP contribution is -1.97. The number of rotatable bonds is 10. The molecule has 0 aliphatic rings. The second kappa shape index (κ2) is 9.72. The molecule has 0 heterocycles. The molecule has 1 N–H and O–H groups in total. The van der Waals surface area contributed by atoms with Gasteiger partial charge in [0.25, 0.3) is 0 Å². The summed E-state index contributed by atoms with van der Waals surface area (Å²) >= 11 is 0. The molecule has 0 saturated heterocycles. The predicted octanol–water partition coefficient (Wildman–Crippen LogP) is 3.74. The Balaban J connectivity index is 2.09. The first-order valence-corrected chi connectivity index (χ1v) is 6.80. The fourth-order valence-corrected chi connectivity index (χ4v) is 1.82. The Morgan fingerprint density at radius 1 is 1.06 bits per heavy atom. The number of hydrogen-bond donors (Lipinski definition) is 1. The molecule has 0 saturated carbocycles. The van der Waals surface area contributed by atoms with Crippen LogP contribution in [-0.2, 0) is 6.42 Å². The summed E-state index contributed by atoms with van der Waals surface area (Å²) < 4.78 is 5.66. The Hall–Kier alpha value is -1.28. The molecule has 18 heavy (non-hydrogen) atoms. The highest BCUT2D eigenvalue weighted by atomic mass is 16.5. The summed E-state index contributed by atoms with van der Waals surface area (Å²) in [6.45, 7) is 4.70. The molecule has 1 rings (SSSR count). The molecule has 1 aromatic rings. The van der Waals surface area contributed by atoms with Crippen molar-refractivity contribution >= 4 is 0 Å². The maximum atomic E-state index is 8.81. The van der Waals surface area contributed by atoms with Crippen LogP contribution in [0.1, 0.15) is 37.7 Å². The van der Waals surface area contributed by atoms with E-state index in [0.29, 0.717) is 6.42 Å². The minimum absolute atomic E-state index is 0.199. The Bertz CT molecular complexity index is 316. The normalized spacial score (nSPS) is 10.3. The lowest BCUT2D eigenvalue weighted by molar-refractivity contribution is 0.298. The van der Waals surface area contributed by atoms with Crippen LogP contribution in [-0.4, -0.2) is 18.3 Å². The van der Waals surface area contributed by atoms with E-state index in [1.807, 2.05) is 30.3 Å². The zero-order valence-electron chi connectivity index (χ0n) is 11.1. The molecule has 2 heteroatoms. The van der Waals surface area contributed by atoms with Gasteiger partial charge in [-0.05, 0) is 43.4 Å². The van der Waals surface area contributed by atoms with Gasteiger partial charge in [0.05, 0.1) is 6.61 Å². The predicted molar refractivity (Wildman–Crippen MR) is 76.0 cm³/mol. The third kappa shape index (κ3) is 6.45. The van der Waals surface area contributed by atoms with Crippen molar-refractivity contribution in [2.75, 3.05) is 13.2 Å². The van der Waals surface area contributed by atoms with Gasteiger partial charge in [-0.2, -0.15) is 0 Å². The first-order chi connectivity index (χ1) is 8.86. The van der Waals surface area contributed by atoms with Crippen LogP contribution in [0, 0.1) is 0 Å². The van der Waals surface area contributed by atoms with Crippen molar-refractivity contribution in [2.45, 2.75) is 38.5 Å². The summed E-state index contributed by atoms with van der Waals surface area (Å²) in [5.41, 5.74) is 1.15. The zero-order chi connectivity index (χ0) is 13.1. The fraction of sp³-hybridized carbons (Fsp3) is 0.500. The molecule has 0 fully saturated rings. The second-order valence-electron chi connectivity index (χ2n) is 4.46. The third-order valence-electron chi connectivity index (χ3n) is 2.90. The number of aliphatic hydroxyl groups excluding tert-OH is 1. The number of unbranched alkanes of at least 4 members (excludes halogenated alkanes) is 4. The number of allylic oxidation sites excluding steroid dienone is 1. The van der Waals surface area contributed by atoms with E-state index in [1.165, 1.54) is 19.3 Å². The van der Waals surface area contributed by atoms with Crippen molar-refractivity contribution < 1.29 is 9.84 Å². The topological polar surface area (TPSA) is 29.5 Å². The lowest BCUT2D eigenvalue weighted by Gasteiger charge is -2.06. The highest BCUT2D eigenvalue weighted by Gasteiger charge is 1.95. The summed E-state index contributed by atoms with van der Waals surface area (Å²) in [7, 11) is 0. The van der Waals surface area contributed by atoms with Crippen molar-refractivity contribution in [3.05, 3.63) is 42.5 Å². The summed E-state index contributed by atoms with van der Waals surface area (Å²) in [6.07, 6.45) is 8.62. The summed E-state index contributed by atoms with van der Waals surface area (Å²) in [5, 5.41) is 8.81. The van der Waals surface area contributed by atoms with E-state index in [1.54, 1.807) is 0 Å². The van der Waals surface area contributed by atoms with Gasteiger partial charge in [-0.1, -0.05) is 31.1 Å². The molecule has 0 radical (unpaired) electrons. The van der Waals surface area contributed by atoms with Crippen molar-refractivity contribution in [1.82, 2.24) is 0 Å². The van der Waals surface area contributed by atoms with Crippen LogP contribution < -0.4 is 4.74 Å². The van der Waals surface area contributed by atoms with Crippen LogP contribution in [0.3, 0.4) is 0 Å². The molecule has 0 aliphatic carbocycles. The van der Waals surface area contributed by atoms with Crippen LogP contribution in [0.4, 0.5) is 0 Å². The minimum atomic E-state index is 0.199. The maximum absolute atomic E-state index is 8.81. The van der Waals surface area contributed by atoms with Crippen LogP contribution in [0.25, 0.3) is 0 Å². The third-order valence-corrected chi connectivity index (χ3v) is 2.90. The number of hydrogen-bond acceptors (Lipinski definition) is 2. The van der Waals surface area contributed by atoms with E-state index in [2.05, 4.69) is 6.58 Å². The van der Waals surface area contributed by atoms with Crippen LogP contribution >= 0.6 is 0 Å². The van der Waals surface area contributed by atoms with Crippen LogP contribution in [0.2, 0.25) is 0 Å². The van der Waals surface area contributed by atoms with Crippen molar-refractivity contribution in [3.63, 3.8) is 0 Å². The largest absolute Gasteiger partial charge is 0.494 e. The monoisotopic (exact) mass is 248 g/mol. The Morgan fingerprint density at radius 3 is 2.44 bits per heavy atom. The van der Waals surface area contributed by atoms with Crippen molar-refractivity contribution in [1.29, 1.82) is 0 Å². The average Bonchev–Trinajstić information content (AvgIpc) is 2.40. The SMILES string of the molecule is C=CCCCCCCOc1ccc(CCO)cc1. The standard InChI is InChI=1S/C16H24O2/c1-2-3-4-5-6-7-14-18-16-10-8-15(9-11-16)12-13-17/h2,8-11,17H,1,3-7,12-14H2. The van der Waals surface area contributed by atoms with E-state index < -0.39 is 0 Å². The molecular formula is C16H24O2. The number of ether oxygens (including phenoxy) is 1. The smallest absolute Gasteiger partial charge is 0.119 e. The maximum Gasteiger partial charge on any atom is 0.119 e. The summed E-state index contributed by atoms with van der Waals surface area (Å²) in [6, 6.07) is 7.97. The number of aliphatic hydroxyl groups is 1. The van der Waals surface area contributed by atoms with E-state index in [-0.39, 0.29) is 6.61 Å². The Kier molecular flexibility index (Phi) is 7.98. The van der Waals surface area contributed by atoms with Gasteiger partial charge in [-0.15, -0.1) is 6.58 Å². The second-order valence-corrected chi connectivity index (χ2v) is 4.46. The zero-order valence-corrected chi connectivity index (χ0v) is 11.1. The van der Waals surface area contributed by atoms with Gasteiger partial charge in [0.1, 0.15) is 5.75 Å². The van der Waals surface area contributed by atoms with Gasteiger partial charge in [-0.25, -0.2) is 0 Å². The Labute approximate surface area is 110 Å². The molecule has 0 aromatic heterocycles. The van der Waals surface area contributed by atoms with Gasteiger partial charge in [-0.3, -0.25) is 0 Å². The summed E-state index contributed by atoms with van der Waals surface area (Å²) in [5.74, 6) is 0.919. The molecule has 0 spiro atoms. The first-order valence-electron chi connectivity index (χ1n) is 6.80. The van der Waals surface area contributed by atoms with Crippen LogP contribution in [0.5, 0.6) is 5.75 Å². The van der Waals surface area contributed by atoms with E-state index >= 15 is 0 Å².